The topological polar surface area (TPSA) is 38.0 Å². The molecule has 0 aromatic heterocycles. The van der Waals surface area contributed by atoms with Crippen LogP contribution in [0.2, 0.25) is 0 Å². The molecule has 0 spiro atoms. The summed E-state index contributed by atoms with van der Waals surface area (Å²) in [6.45, 7) is 6.85. The summed E-state index contributed by atoms with van der Waals surface area (Å²) in [4.78, 5) is 0. The van der Waals surface area contributed by atoms with Crippen LogP contribution in [0.15, 0.2) is 11.4 Å². The van der Waals surface area contributed by atoms with Crippen LogP contribution < -0.4 is 11.1 Å². The van der Waals surface area contributed by atoms with Crippen LogP contribution in [0.25, 0.3) is 0 Å². The van der Waals surface area contributed by atoms with Crippen molar-refractivity contribution in [1.82, 2.24) is 5.32 Å². The van der Waals surface area contributed by atoms with Crippen molar-refractivity contribution in [1.29, 1.82) is 0 Å². The summed E-state index contributed by atoms with van der Waals surface area (Å²) in [6.07, 6.45) is 0. The van der Waals surface area contributed by atoms with Gasteiger partial charge in [-0.2, -0.15) is 0 Å². The molecule has 0 rings (SSSR count). The third-order valence-electron chi connectivity index (χ3n) is 1.03. The molecular formula is C6H14N2. The van der Waals surface area contributed by atoms with Gasteiger partial charge in [0, 0.05) is 17.9 Å². The van der Waals surface area contributed by atoms with E-state index in [1.807, 2.05) is 20.8 Å². The third kappa shape index (κ3) is 2.50. The van der Waals surface area contributed by atoms with Gasteiger partial charge in [-0.25, -0.2) is 0 Å². The highest BCUT2D eigenvalue weighted by Crippen LogP contribution is 1.88. The summed E-state index contributed by atoms with van der Waals surface area (Å²) < 4.78 is 0. The predicted molar refractivity (Wildman–Crippen MR) is 36.2 cm³/mol. The summed E-state index contributed by atoms with van der Waals surface area (Å²) in [6, 6.07) is 0. The molecule has 0 radical (unpaired) electrons. The van der Waals surface area contributed by atoms with E-state index in [1.54, 1.807) is 0 Å². The van der Waals surface area contributed by atoms with Crippen molar-refractivity contribution < 1.29 is 0 Å². The van der Waals surface area contributed by atoms with Gasteiger partial charge < -0.3 is 11.1 Å². The summed E-state index contributed by atoms with van der Waals surface area (Å²) in [5, 5.41) is 3.10. The van der Waals surface area contributed by atoms with Crippen molar-refractivity contribution >= 4 is 0 Å². The minimum atomic E-state index is 0.867. The van der Waals surface area contributed by atoms with Crippen LogP contribution in [-0.4, -0.2) is 6.54 Å². The van der Waals surface area contributed by atoms with Gasteiger partial charge in [0.2, 0.25) is 0 Å². The first kappa shape index (κ1) is 7.34. The molecule has 0 bridgehead atoms. The van der Waals surface area contributed by atoms with Gasteiger partial charge in [-0.1, -0.05) is 0 Å². The molecule has 0 heterocycles. The predicted octanol–water partition coefficient (Wildman–Crippen LogP) is 0.806. The summed E-state index contributed by atoms with van der Waals surface area (Å²) in [5.41, 5.74) is 7.38. The Morgan fingerprint density at radius 2 is 2.00 bits per heavy atom. The summed E-state index contributed by atoms with van der Waals surface area (Å²) >= 11 is 0. The van der Waals surface area contributed by atoms with E-state index in [-0.39, 0.29) is 0 Å². The first-order valence-electron chi connectivity index (χ1n) is 2.85. The standard InChI is InChI=1S/C6H14N2/c1-4-8-6(3)5(2)7/h8H,4,7H2,1-3H3/b6-5-. The van der Waals surface area contributed by atoms with Crippen molar-refractivity contribution in [3.05, 3.63) is 11.4 Å². The maximum Gasteiger partial charge on any atom is 0.0263 e. The SMILES string of the molecule is CCN/C(C)=C(/C)N. The fourth-order valence-corrected chi connectivity index (χ4v) is 0.405. The lowest BCUT2D eigenvalue weighted by Crippen LogP contribution is -2.13. The molecule has 2 nitrogen and oxygen atoms in total. The molecule has 0 unspecified atom stereocenters. The molecule has 0 atom stereocenters. The van der Waals surface area contributed by atoms with Crippen molar-refractivity contribution in [2.45, 2.75) is 20.8 Å². The minimum Gasteiger partial charge on any atom is -0.401 e. The average molecular weight is 114 g/mol. The van der Waals surface area contributed by atoms with Gasteiger partial charge in [-0.3, -0.25) is 0 Å². The number of rotatable bonds is 2. The molecular weight excluding hydrogens is 100 g/mol. The molecule has 48 valence electrons. The van der Waals surface area contributed by atoms with Gasteiger partial charge in [0.1, 0.15) is 0 Å². The number of hydrogen-bond donors (Lipinski definition) is 2. The van der Waals surface area contributed by atoms with E-state index >= 15 is 0 Å². The van der Waals surface area contributed by atoms with Crippen molar-refractivity contribution in [2.24, 2.45) is 5.73 Å². The van der Waals surface area contributed by atoms with E-state index < -0.39 is 0 Å². The quantitative estimate of drug-likeness (QED) is 0.557. The smallest absolute Gasteiger partial charge is 0.0263 e. The Bertz CT molecular complexity index is 90.7. The minimum absolute atomic E-state index is 0.867. The van der Waals surface area contributed by atoms with Gasteiger partial charge in [-0.05, 0) is 20.8 Å². The summed E-state index contributed by atoms with van der Waals surface area (Å²) in [7, 11) is 0. The second-order valence-corrected chi connectivity index (χ2v) is 1.84. The Morgan fingerprint density at radius 3 is 2.12 bits per heavy atom. The first-order valence-corrected chi connectivity index (χ1v) is 2.85. The molecule has 0 aliphatic rings. The molecule has 2 heteroatoms. The molecule has 0 aromatic rings. The molecule has 0 amide bonds. The zero-order valence-electron chi connectivity index (χ0n) is 5.78. The third-order valence-corrected chi connectivity index (χ3v) is 1.03. The normalized spacial score (nSPS) is 12.9. The van der Waals surface area contributed by atoms with Crippen molar-refractivity contribution in [2.75, 3.05) is 6.54 Å². The highest BCUT2D eigenvalue weighted by Gasteiger charge is 1.85. The lowest BCUT2D eigenvalue weighted by atomic mass is 10.4. The van der Waals surface area contributed by atoms with Crippen molar-refractivity contribution in [3.63, 3.8) is 0 Å². The Hall–Kier alpha value is -0.660. The number of allylic oxidation sites excluding steroid dienone is 2. The van der Waals surface area contributed by atoms with E-state index in [0.717, 1.165) is 17.9 Å². The van der Waals surface area contributed by atoms with E-state index in [9.17, 15) is 0 Å². The van der Waals surface area contributed by atoms with E-state index in [1.165, 1.54) is 0 Å². The van der Waals surface area contributed by atoms with Crippen LogP contribution in [0.1, 0.15) is 20.8 Å². The average Bonchev–Trinajstić information content (AvgIpc) is 1.67. The van der Waals surface area contributed by atoms with Gasteiger partial charge in [0.05, 0.1) is 0 Å². The van der Waals surface area contributed by atoms with Crippen LogP contribution >= 0.6 is 0 Å². The van der Waals surface area contributed by atoms with Gasteiger partial charge >= 0.3 is 0 Å². The zero-order chi connectivity index (χ0) is 6.57. The lowest BCUT2D eigenvalue weighted by molar-refractivity contribution is 0.834. The largest absolute Gasteiger partial charge is 0.401 e. The van der Waals surface area contributed by atoms with E-state index in [4.69, 9.17) is 5.73 Å². The second-order valence-electron chi connectivity index (χ2n) is 1.84. The van der Waals surface area contributed by atoms with Crippen LogP contribution in [0.4, 0.5) is 0 Å². The highest BCUT2D eigenvalue weighted by atomic mass is 14.9. The van der Waals surface area contributed by atoms with Gasteiger partial charge in [-0.15, -0.1) is 0 Å². The van der Waals surface area contributed by atoms with Crippen LogP contribution in [0, 0.1) is 0 Å². The Labute approximate surface area is 50.8 Å². The molecule has 0 aliphatic carbocycles. The number of hydrogen-bond acceptors (Lipinski definition) is 2. The Morgan fingerprint density at radius 1 is 1.50 bits per heavy atom. The van der Waals surface area contributed by atoms with Crippen molar-refractivity contribution in [3.8, 4) is 0 Å². The molecule has 0 aromatic carbocycles. The molecule has 0 aliphatic heterocycles. The maximum atomic E-state index is 5.44. The summed E-state index contributed by atoms with van der Waals surface area (Å²) in [5.74, 6) is 0. The molecule has 0 saturated heterocycles. The monoisotopic (exact) mass is 114 g/mol. The molecule has 0 saturated carbocycles. The van der Waals surface area contributed by atoms with Gasteiger partial charge in [0.25, 0.3) is 0 Å². The fraction of sp³-hybridized carbons (Fsp3) is 0.667. The second kappa shape index (κ2) is 3.36. The first-order chi connectivity index (χ1) is 3.68. The van der Waals surface area contributed by atoms with Crippen LogP contribution in [0.3, 0.4) is 0 Å². The van der Waals surface area contributed by atoms with E-state index in [2.05, 4.69) is 5.32 Å². The van der Waals surface area contributed by atoms with Gasteiger partial charge in [0.15, 0.2) is 0 Å². The van der Waals surface area contributed by atoms with Crippen LogP contribution in [0.5, 0.6) is 0 Å². The maximum absolute atomic E-state index is 5.44. The lowest BCUT2D eigenvalue weighted by Gasteiger charge is -2.02. The number of nitrogens with one attached hydrogen (secondary N) is 1. The molecule has 3 N–H and O–H groups in total. The Balaban J connectivity index is 3.62. The highest BCUT2D eigenvalue weighted by molar-refractivity contribution is 5.02. The van der Waals surface area contributed by atoms with E-state index in [0.29, 0.717) is 0 Å². The zero-order valence-corrected chi connectivity index (χ0v) is 5.78. The van der Waals surface area contributed by atoms with Crippen LogP contribution in [-0.2, 0) is 0 Å². The number of nitrogens with two attached hydrogens (primary N) is 1. The Kier molecular flexibility index (Phi) is 3.08. The molecule has 0 fully saturated rings. The fourth-order valence-electron chi connectivity index (χ4n) is 0.405. The molecule has 8 heavy (non-hydrogen) atoms.